The van der Waals surface area contributed by atoms with Crippen molar-refractivity contribution in [3.8, 4) is 11.1 Å². The Morgan fingerprint density at radius 3 is 1.76 bits per heavy atom. The summed E-state index contributed by atoms with van der Waals surface area (Å²) in [6.07, 6.45) is 0. The Bertz CT molecular complexity index is 1830. The van der Waals surface area contributed by atoms with Gasteiger partial charge in [-0.3, -0.25) is 0 Å². The molecule has 1 heterocycles. The lowest BCUT2D eigenvalue weighted by Crippen LogP contribution is -2.09. The molecule has 0 bridgehead atoms. The second-order valence-electron chi connectivity index (χ2n) is 9.53. The van der Waals surface area contributed by atoms with E-state index in [9.17, 15) is 0 Å². The number of nitrogens with zero attached hydrogens (tertiary/aromatic N) is 2. The van der Waals surface area contributed by atoms with E-state index in [1.807, 2.05) is 0 Å². The molecule has 0 amide bonds. The summed E-state index contributed by atoms with van der Waals surface area (Å²) >= 11 is 0. The fourth-order valence-electron chi connectivity index (χ4n) is 5.56. The van der Waals surface area contributed by atoms with Crippen LogP contribution in [0.25, 0.3) is 43.7 Å². The first-order valence-electron chi connectivity index (χ1n) is 12.7. The maximum absolute atomic E-state index is 2.32. The van der Waals surface area contributed by atoms with Crippen LogP contribution in [0.1, 0.15) is 0 Å². The van der Waals surface area contributed by atoms with E-state index in [-0.39, 0.29) is 0 Å². The lowest BCUT2D eigenvalue weighted by Gasteiger charge is -2.25. The summed E-state index contributed by atoms with van der Waals surface area (Å²) in [5.41, 5.74) is 8.38. The predicted molar refractivity (Wildman–Crippen MR) is 158 cm³/mol. The number of hydrogen-bond acceptors (Lipinski definition) is 1. The number of fused-ring (bicyclic) bond motifs is 5. The number of hydrogen-bond donors (Lipinski definition) is 0. The SMILES string of the molecule is Cn1c2cc(-c3ccc(N(c4ccccc4)c4ccccc4)cc3)ccc2c2c3ccccc3ccc21. The van der Waals surface area contributed by atoms with Gasteiger partial charge >= 0.3 is 0 Å². The van der Waals surface area contributed by atoms with Gasteiger partial charge in [-0.25, -0.2) is 0 Å². The van der Waals surface area contributed by atoms with Crippen molar-refractivity contribution in [2.75, 3.05) is 4.90 Å². The van der Waals surface area contributed by atoms with Crippen LogP contribution in [0.5, 0.6) is 0 Å². The van der Waals surface area contributed by atoms with Crippen molar-refractivity contribution >= 4 is 49.6 Å². The Hall–Kier alpha value is -4.82. The largest absolute Gasteiger partial charge is 0.344 e. The zero-order chi connectivity index (χ0) is 24.8. The van der Waals surface area contributed by atoms with Gasteiger partial charge in [0.1, 0.15) is 0 Å². The molecule has 0 fully saturated rings. The van der Waals surface area contributed by atoms with Crippen molar-refractivity contribution in [2.45, 2.75) is 0 Å². The molecule has 1 aromatic heterocycles. The molecule has 0 unspecified atom stereocenters. The predicted octanol–water partition coefficient (Wildman–Crippen LogP) is 9.62. The molecule has 2 heteroatoms. The zero-order valence-electron chi connectivity index (χ0n) is 20.7. The second kappa shape index (κ2) is 8.69. The summed E-state index contributed by atoms with van der Waals surface area (Å²) < 4.78 is 2.32. The Labute approximate surface area is 216 Å². The van der Waals surface area contributed by atoms with E-state index in [1.54, 1.807) is 0 Å². The molecule has 0 atom stereocenters. The average Bonchev–Trinajstić information content (AvgIpc) is 3.26. The number of aromatic nitrogens is 1. The summed E-state index contributed by atoms with van der Waals surface area (Å²) in [6, 6.07) is 49.9. The lowest BCUT2D eigenvalue weighted by molar-refractivity contribution is 1.01. The van der Waals surface area contributed by atoms with E-state index < -0.39 is 0 Å². The lowest BCUT2D eigenvalue weighted by atomic mass is 10.0. The number of para-hydroxylation sites is 2. The molecule has 7 aromatic rings. The van der Waals surface area contributed by atoms with Gasteiger partial charge in [-0.1, -0.05) is 91.0 Å². The van der Waals surface area contributed by atoms with Crippen LogP contribution >= 0.6 is 0 Å². The maximum atomic E-state index is 2.32. The normalized spacial score (nSPS) is 11.4. The van der Waals surface area contributed by atoms with E-state index in [4.69, 9.17) is 0 Å². The molecule has 7 rings (SSSR count). The van der Waals surface area contributed by atoms with Crippen LogP contribution in [0.2, 0.25) is 0 Å². The molecule has 176 valence electrons. The summed E-state index contributed by atoms with van der Waals surface area (Å²) in [4.78, 5) is 2.29. The number of aryl methyl sites for hydroxylation is 1. The fourth-order valence-corrected chi connectivity index (χ4v) is 5.56. The van der Waals surface area contributed by atoms with Gasteiger partial charge in [0.15, 0.2) is 0 Å². The van der Waals surface area contributed by atoms with Crippen LogP contribution in [-0.4, -0.2) is 4.57 Å². The van der Waals surface area contributed by atoms with Crippen molar-refractivity contribution in [1.82, 2.24) is 4.57 Å². The molecule has 37 heavy (non-hydrogen) atoms. The number of rotatable bonds is 4. The van der Waals surface area contributed by atoms with Gasteiger partial charge in [-0.05, 0) is 70.4 Å². The molecule has 0 saturated carbocycles. The standard InChI is InChI=1S/C35H26N2/c1-36-33-23-19-26-10-8-9-15-31(26)35(33)32-22-18-27(24-34(32)36)25-16-20-30(21-17-25)37(28-11-4-2-5-12-28)29-13-6-3-7-14-29/h2-24H,1H3. The molecule has 0 radical (unpaired) electrons. The van der Waals surface area contributed by atoms with Gasteiger partial charge in [-0.15, -0.1) is 0 Å². The number of anilines is 3. The molecule has 0 spiro atoms. The third-order valence-corrected chi connectivity index (χ3v) is 7.38. The monoisotopic (exact) mass is 474 g/mol. The van der Waals surface area contributed by atoms with E-state index in [0.29, 0.717) is 0 Å². The summed E-state index contributed by atoms with van der Waals surface area (Å²) in [6.45, 7) is 0. The van der Waals surface area contributed by atoms with E-state index in [0.717, 1.165) is 17.1 Å². The van der Waals surface area contributed by atoms with Crippen molar-refractivity contribution in [3.63, 3.8) is 0 Å². The van der Waals surface area contributed by atoms with Crippen LogP contribution in [-0.2, 0) is 7.05 Å². The molecular weight excluding hydrogens is 448 g/mol. The Kier molecular flexibility index (Phi) is 5.04. The molecule has 0 saturated heterocycles. The van der Waals surface area contributed by atoms with Crippen LogP contribution < -0.4 is 4.90 Å². The van der Waals surface area contributed by atoms with Crippen molar-refractivity contribution < 1.29 is 0 Å². The van der Waals surface area contributed by atoms with E-state index in [2.05, 4.69) is 156 Å². The van der Waals surface area contributed by atoms with E-state index in [1.165, 1.54) is 43.7 Å². The second-order valence-corrected chi connectivity index (χ2v) is 9.53. The average molecular weight is 475 g/mol. The fraction of sp³-hybridized carbons (Fsp3) is 0.0286. The molecule has 6 aromatic carbocycles. The molecule has 0 N–H and O–H groups in total. The first-order valence-corrected chi connectivity index (χ1v) is 12.7. The topological polar surface area (TPSA) is 8.17 Å². The Morgan fingerprint density at radius 2 is 1.05 bits per heavy atom. The summed E-state index contributed by atoms with van der Waals surface area (Å²) in [5, 5.41) is 5.22. The van der Waals surface area contributed by atoms with Crippen LogP contribution in [0.3, 0.4) is 0 Å². The highest BCUT2D eigenvalue weighted by atomic mass is 15.1. The molecule has 2 nitrogen and oxygen atoms in total. The first-order chi connectivity index (χ1) is 18.3. The summed E-state index contributed by atoms with van der Waals surface area (Å²) in [5.74, 6) is 0. The zero-order valence-corrected chi connectivity index (χ0v) is 20.7. The van der Waals surface area contributed by atoms with Crippen molar-refractivity contribution in [1.29, 1.82) is 0 Å². The highest BCUT2D eigenvalue weighted by molar-refractivity contribution is 6.21. The van der Waals surface area contributed by atoms with E-state index >= 15 is 0 Å². The summed E-state index contributed by atoms with van der Waals surface area (Å²) in [7, 11) is 2.17. The van der Waals surface area contributed by atoms with Crippen molar-refractivity contribution in [3.05, 3.63) is 140 Å². The first kappa shape index (κ1) is 21.5. The minimum absolute atomic E-state index is 1.14. The molecule has 0 aliphatic heterocycles. The quantitative estimate of drug-likeness (QED) is 0.246. The minimum Gasteiger partial charge on any atom is -0.344 e. The smallest absolute Gasteiger partial charge is 0.0495 e. The van der Waals surface area contributed by atoms with Gasteiger partial charge in [0.05, 0.1) is 0 Å². The van der Waals surface area contributed by atoms with Crippen LogP contribution in [0.4, 0.5) is 17.1 Å². The highest BCUT2D eigenvalue weighted by Crippen LogP contribution is 2.38. The van der Waals surface area contributed by atoms with Gasteiger partial charge in [0.2, 0.25) is 0 Å². The van der Waals surface area contributed by atoms with Crippen LogP contribution in [0.15, 0.2) is 140 Å². The molecular formula is C35H26N2. The highest BCUT2D eigenvalue weighted by Gasteiger charge is 2.14. The van der Waals surface area contributed by atoms with Gasteiger partial charge < -0.3 is 9.47 Å². The minimum atomic E-state index is 1.14. The third kappa shape index (κ3) is 3.57. The van der Waals surface area contributed by atoms with Gasteiger partial charge in [0.25, 0.3) is 0 Å². The third-order valence-electron chi connectivity index (χ3n) is 7.38. The van der Waals surface area contributed by atoms with Crippen LogP contribution in [0, 0.1) is 0 Å². The molecule has 0 aliphatic rings. The Morgan fingerprint density at radius 1 is 0.459 bits per heavy atom. The van der Waals surface area contributed by atoms with Gasteiger partial charge in [0, 0.05) is 45.9 Å². The van der Waals surface area contributed by atoms with Gasteiger partial charge in [-0.2, -0.15) is 0 Å². The molecule has 0 aliphatic carbocycles. The maximum Gasteiger partial charge on any atom is 0.0495 e. The van der Waals surface area contributed by atoms with Crippen molar-refractivity contribution in [2.24, 2.45) is 7.05 Å². The Balaban J connectivity index is 1.32. The number of benzene rings is 6.